The van der Waals surface area contributed by atoms with Crippen molar-refractivity contribution in [2.75, 3.05) is 37.7 Å². The molecule has 1 N–H and O–H groups in total. The lowest BCUT2D eigenvalue weighted by atomic mass is 10.1. The van der Waals surface area contributed by atoms with E-state index in [2.05, 4.69) is 34.2 Å². The minimum atomic E-state index is 0.0358. The number of benzene rings is 1. The first-order valence-electron chi connectivity index (χ1n) is 10.2. The van der Waals surface area contributed by atoms with Gasteiger partial charge in [0.05, 0.1) is 0 Å². The molecule has 3 saturated heterocycles. The quantitative estimate of drug-likeness (QED) is 0.900. The Balaban J connectivity index is 1.33. The second-order valence-corrected chi connectivity index (χ2v) is 8.02. The van der Waals surface area contributed by atoms with E-state index in [1.165, 1.54) is 31.5 Å². The van der Waals surface area contributed by atoms with Crippen molar-refractivity contribution in [3.05, 3.63) is 29.8 Å². The SMILES string of the molecule is C[C@H]1CCCN1[C@H]1CCN(c2ccc(C(=O)NC3CCOCC3)cc2)C1. The van der Waals surface area contributed by atoms with Gasteiger partial charge in [-0.3, -0.25) is 9.69 Å². The number of ether oxygens (including phenoxy) is 1. The van der Waals surface area contributed by atoms with E-state index in [1.807, 2.05) is 12.1 Å². The van der Waals surface area contributed by atoms with E-state index in [-0.39, 0.29) is 11.9 Å². The Morgan fingerprint density at radius 1 is 1.08 bits per heavy atom. The van der Waals surface area contributed by atoms with Crippen molar-refractivity contribution in [1.29, 1.82) is 0 Å². The summed E-state index contributed by atoms with van der Waals surface area (Å²) in [4.78, 5) is 17.6. The lowest BCUT2D eigenvalue weighted by Crippen LogP contribution is -2.39. The second-order valence-electron chi connectivity index (χ2n) is 8.02. The third-order valence-electron chi connectivity index (χ3n) is 6.29. The molecule has 0 saturated carbocycles. The number of carbonyl (C=O) groups excluding carboxylic acids is 1. The standard InChI is InChI=1S/C21H31N3O2/c1-16-3-2-11-24(16)20-8-12-23(15-20)19-6-4-17(5-7-19)21(25)22-18-9-13-26-14-10-18/h4-7,16,18,20H,2-3,8-15H2,1H3,(H,22,25)/t16-,20-/m0/s1. The van der Waals surface area contributed by atoms with Crippen LogP contribution in [-0.4, -0.2) is 61.8 Å². The first kappa shape index (κ1) is 17.8. The maximum atomic E-state index is 12.4. The number of rotatable bonds is 4. The van der Waals surface area contributed by atoms with Crippen molar-refractivity contribution in [3.63, 3.8) is 0 Å². The number of hydrogen-bond acceptors (Lipinski definition) is 4. The molecule has 5 nitrogen and oxygen atoms in total. The van der Waals surface area contributed by atoms with Gasteiger partial charge in [-0.05, 0) is 69.8 Å². The van der Waals surface area contributed by atoms with Crippen molar-refractivity contribution in [2.45, 2.75) is 57.2 Å². The molecular weight excluding hydrogens is 326 g/mol. The van der Waals surface area contributed by atoms with Crippen molar-refractivity contribution in [3.8, 4) is 0 Å². The fourth-order valence-electron chi connectivity index (χ4n) is 4.68. The Kier molecular flexibility index (Phi) is 5.46. The summed E-state index contributed by atoms with van der Waals surface area (Å²) in [6.07, 6.45) is 5.75. The van der Waals surface area contributed by atoms with Crippen LogP contribution in [0.1, 0.15) is 49.4 Å². The lowest BCUT2D eigenvalue weighted by Gasteiger charge is -2.28. The highest BCUT2D eigenvalue weighted by atomic mass is 16.5. The smallest absolute Gasteiger partial charge is 0.251 e. The van der Waals surface area contributed by atoms with Gasteiger partial charge < -0.3 is 15.0 Å². The summed E-state index contributed by atoms with van der Waals surface area (Å²) >= 11 is 0. The van der Waals surface area contributed by atoms with E-state index in [1.54, 1.807) is 0 Å². The lowest BCUT2D eigenvalue weighted by molar-refractivity contribution is 0.0696. The second kappa shape index (κ2) is 7.97. The largest absolute Gasteiger partial charge is 0.381 e. The molecule has 5 heteroatoms. The summed E-state index contributed by atoms with van der Waals surface area (Å²) in [5, 5.41) is 3.13. The predicted octanol–water partition coefficient (Wildman–Crippen LogP) is 2.66. The third-order valence-corrected chi connectivity index (χ3v) is 6.29. The highest BCUT2D eigenvalue weighted by molar-refractivity contribution is 5.94. The number of likely N-dealkylation sites (tertiary alicyclic amines) is 1. The van der Waals surface area contributed by atoms with Crippen molar-refractivity contribution in [2.24, 2.45) is 0 Å². The van der Waals surface area contributed by atoms with E-state index in [9.17, 15) is 4.79 Å². The van der Waals surface area contributed by atoms with Gasteiger partial charge in [-0.2, -0.15) is 0 Å². The molecule has 2 atom stereocenters. The Hall–Kier alpha value is -1.59. The number of nitrogens with one attached hydrogen (secondary N) is 1. The van der Waals surface area contributed by atoms with Crippen LogP contribution >= 0.6 is 0 Å². The highest BCUT2D eigenvalue weighted by Crippen LogP contribution is 2.28. The van der Waals surface area contributed by atoms with Gasteiger partial charge in [-0.1, -0.05) is 0 Å². The highest BCUT2D eigenvalue weighted by Gasteiger charge is 2.32. The zero-order valence-corrected chi connectivity index (χ0v) is 15.8. The van der Waals surface area contributed by atoms with Crippen LogP contribution in [0.3, 0.4) is 0 Å². The Morgan fingerprint density at radius 2 is 1.85 bits per heavy atom. The van der Waals surface area contributed by atoms with Gasteiger partial charge in [0.1, 0.15) is 0 Å². The van der Waals surface area contributed by atoms with Crippen LogP contribution < -0.4 is 10.2 Å². The van der Waals surface area contributed by atoms with E-state index < -0.39 is 0 Å². The molecule has 3 heterocycles. The number of hydrogen-bond donors (Lipinski definition) is 1. The Bertz CT molecular complexity index is 612. The van der Waals surface area contributed by atoms with Crippen LogP contribution in [0.5, 0.6) is 0 Å². The normalized spacial score (nSPS) is 27.8. The van der Waals surface area contributed by atoms with Crippen LogP contribution in [-0.2, 0) is 4.74 Å². The fourth-order valence-corrected chi connectivity index (χ4v) is 4.68. The molecule has 3 aliphatic heterocycles. The summed E-state index contributed by atoms with van der Waals surface area (Å²) < 4.78 is 5.35. The number of carbonyl (C=O) groups is 1. The summed E-state index contributed by atoms with van der Waals surface area (Å²) in [7, 11) is 0. The van der Waals surface area contributed by atoms with Crippen LogP contribution in [0.25, 0.3) is 0 Å². The van der Waals surface area contributed by atoms with E-state index in [0.717, 1.165) is 50.8 Å². The van der Waals surface area contributed by atoms with Gasteiger partial charge in [0.25, 0.3) is 5.91 Å². The zero-order valence-electron chi connectivity index (χ0n) is 15.8. The average molecular weight is 357 g/mol. The topological polar surface area (TPSA) is 44.8 Å². The molecule has 1 amide bonds. The van der Waals surface area contributed by atoms with Crippen molar-refractivity contribution < 1.29 is 9.53 Å². The minimum Gasteiger partial charge on any atom is -0.381 e. The monoisotopic (exact) mass is 357 g/mol. The average Bonchev–Trinajstić information content (AvgIpc) is 3.31. The summed E-state index contributed by atoms with van der Waals surface area (Å²) in [6.45, 7) is 7.33. The van der Waals surface area contributed by atoms with Crippen LogP contribution in [0.4, 0.5) is 5.69 Å². The first-order chi connectivity index (χ1) is 12.7. The number of nitrogens with zero attached hydrogens (tertiary/aromatic N) is 2. The van der Waals surface area contributed by atoms with Gasteiger partial charge in [0.15, 0.2) is 0 Å². The first-order valence-corrected chi connectivity index (χ1v) is 10.2. The molecule has 142 valence electrons. The molecule has 0 bridgehead atoms. The van der Waals surface area contributed by atoms with Gasteiger partial charge in [0.2, 0.25) is 0 Å². The molecule has 3 fully saturated rings. The molecule has 0 radical (unpaired) electrons. The van der Waals surface area contributed by atoms with Crippen LogP contribution in [0.2, 0.25) is 0 Å². The molecular formula is C21H31N3O2. The number of anilines is 1. The van der Waals surface area contributed by atoms with Gasteiger partial charge >= 0.3 is 0 Å². The predicted molar refractivity (Wildman–Crippen MR) is 104 cm³/mol. The number of amides is 1. The molecule has 4 rings (SSSR count). The van der Waals surface area contributed by atoms with E-state index in [0.29, 0.717) is 6.04 Å². The van der Waals surface area contributed by atoms with E-state index >= 15 is 0 Å². The van der Waals surface area contributed by atoms with Gasteiger partial charge in [-0.15, -0.1) is 0 Å². The van der Waals surface area contributed by atoms with Gasteiger partial charge in [-0.25, -0.2) is 0 Å². The molecule has 1 aromatic rings. The zero-order chi connectivity index (χ0) is 17.9. The maximum Gasteiger partial charge on any atom is 0.251 e. The molecule has 3 aliphatic rings. The summed E-state index contributed by atoms with van der Waals surface area (Å²) in [5.74, 6) is 0.0358. The molecule has 26 heavy (non-hydrogen) atoms. The Labute approximate surface area is 156 Å². The Morgan fingerprint density at radius 3 is 2.54 bits per heavy atom. The van der Waals surface area contributed by atoms with E-state index in [4.69, 9.17) is 4.74 Å². The minimum absolute atomic E-state index is 0.0358. The molecule has 0 aromatic heterocycles. The van der Waals surface area contributed by atoms with Gasteiger partial charge in [0, 0.05) is 55.7 Å². The summed E-state index contributed by atoms with van der Waals surface area (Å²) in [6, 6.07) is 9.81. The molecule has 0 aliphatic carbocycles. The fraction of sp³-hybridized carbons (Fsp3) is 0.667. The molecule has 0 spiro atoms. The van der Waals surface area contributed by atoms with Crippen molar-refractivity contribution in [1.82, 2.24) is 10.2 Å². The summed E-state index contributed by atoms with van der Waals surface area (Å²) in [5.41, 5.74) is 1.99. The maximum absolute atomic E-state index is 12.4. The molecule has 0 unspecified atom stereocenters. The molecule has 1 aromatic carbocycles. The third kappa shape index (κ3) is 3.89. The van der Waals surface area contributed by atoms with Crippen LogP contribution in [0, 0.1) is 0 Å². The van der Waals surface area contributed by atoms with Crippen LogP contribution in [0.15, 0.2) is 24.3 Å². The van der Waals surface area contributed by atoms with Crippen molar-refractivity contribution >= 4 is 11.6 Å².